The number of phenols is 1. The van der Waals surface area contributed by atoms with Gasteiger partial charge in [0.05, 0.1) is 71.9 Å². The van der Waals surface area contributed by atoms with Crippen molar-refractivity contribution in [3.05, 3.63) is 141 Å². The molecule has 3 aromatic heterocycles. The number of ether oxygens (including phenoxy) is 3. The number of nitrogens with one attached hydrogen (secondary N) is 1. The number of benzene rings is 3. The van der Waals surface area contributed by atoms with Gasteiger partial charge in [-0.15, -0.1) is 0 Å². The molecule has 4 atom stereocenters. The number of imide groups is 1. The minimum Gasteiger partial charge on any atom is -0.503 e. The molecule has 0 spiro atoms. The zero-order valence-electron chi connectivity index (χ0n) is 35.5. The number of allylic oxidation sites excluding steroid dienone is 2. The van der Waals surface area contributed by atoms with Crippen molar-refractivity contribution in [3.8, 4) is 23.0 Å². The fourth-order valence-electron chi connectivity index (χ4n) is 9.66. The van der Waals surface area contributed by atoms with Crippen LogP contribution in [0.1, 0.15) is 40.8 Å². The SMILES string of the molecule is COc1cc2nc(CCn3c(=O)n4n(c3=O)[C@@H]3C[C@H]5C(=O)N(Nc6ncc(C(F)(F)F)cc6Cl)C(=O)[C@@]5(c5ccc(Cl)cc5)[C@@H](c5cc(Cl)c(O)c(OC)c5)C3=CC4)c(=O)n(C)c2cc1OC. The van der Waals surface area contributed by atoms with Gasteiger partial charge in [0.2, 0.25) is 0 Å². The number of hydrogen-bond donors (Lipinski definition) is 2. The number of amides is 2. The van der Waals surface area contributed by atoms with E-state index in [1.54, 1.807) is 37.4 Å². The lowest BCUT2D eigenvalue weighted by molar-refractivity contribution is -0.139. The Morgan fingerprint density at radius 1 is 0.896 bits per heavy atom. The van der Waals surface area contributed by atoms with E-state index in [2.05, 4.69) is 15.4 Å². The molecule has 1 aliphatic carbocycles. The fraction of sp³-hybridized carbons (Fsp3) is 0.295. The first-order chi connectivity index (χ1) is 31.8. The molecule has 348 valence electrons. The number of phenolic OH excluding ortho intramolecular Hbond substituents is 1. The Kier molecular flexibility index (Phi) is 11.2. The van der Waals surface area contributed by atoms with E-state index in [0.29, 0.717) is 45.4 Å². The van der Waals surface area contributed by atoms with Gasteiger partial charge in [-0.25, -0.2) is 33.5 Å². The molecule has 6 aromatic rings. The standard InChI is InChI=1S/C44H36Cl3F3N8O9/c1-54-31-18-33(66-3)32(65-2)17-29(31)52-28(39(54)61)10-11-55-41(63)56-12-9-24-30(58(56)42(55)64)16-25-38(60)57(53-37-27(47)15-22(19-51-37)44(48,49)50)40(62)43(25,21-5-7-23(45)8-6-21)35(24)20-13-26(46)36(59)34(14-20)67-4/h5-9,13-15,17-19,25,30,35,59H,10-12,16H2,1-4H3,(H,51,53)/t25-,30+,35-,43+/m0/s1. The molecular weight excluding hydrogens is 948 g/mol. The molecule has 1 saturated heterocycles. The highest BCUT2D eigenvalue weighted by molar-refractivity contribution is 6.33. The van der Waals surface area contributed by atoms with E-state index in [1.165, 1.54) is 59.5 Å². The van der Waals surface area contributed by atoms with Crippen LogP contribution in [0.25, 0.3) is 11.0 Å². The van der Waals surface area contributed by atoms with Crippen LogP contribution in [0.3, 0.4) is 0 Å². The van der Waals surface area contributed by atoms with E-state index in [9.17, 15) is 32.7 Å². The number of hydrazine groups is 1. The van der Waals surface area contributed by atoms with Crippen LogP contribution in [0, 0.1) is 5.92 Å². The molecule has 5 heterocycles. The Morgan fingerprint density at radius 3 is 2.24 bits per heavy atom. The summed E-state index contributed by atoms with van der Waals surface area (Å²) in [6.45, 7) is -0.476. The number of aromatic nitrogens is 6. The van der Waals surface area contributed by atoms with E-state index in [0.717, 1.165) is 4.57 Å². The number of nitrogens with zero attached hydrogens (tertiary/aromatic N) is 7. The number of anilines is 1. The molecule has 0 radical (unpaired) electrons. The summed E-state index contributed by atoms with van der Waals surface area (Å²) in [5, 5.41) is 11.1. The number of alkyl halides is 3. The Hall–Kier alpha value is -6.77. The lowest BCUT2D eigenvalue weighted by Crippen LogP contribution is -2.53. The van der Waals surface area contributed by atoms with Crippen molar-refractivity contribution in [2.24, 2.45) is 13.0 Å². The third-order valence-corrected chi connectivity index (χ3v) is 13.6. The number of aryl methyl sites for hydroxylation is 2. The molecule has 0 bridgehead atoms. The number of rotatable bonds is 10. The van der Waals surface area contributed by atoms with Crippen LogP contribution < -0.4 is 36.6 Å². The molecular formula is C44H36Cl3F3N8O9. The number of methoxy groups -OCH3 is 3. The second-order valence-corrected chi connectivity index (χ2v) is 17.3. The Balaban J connectivity index is 1.19. The van der Waals surface area contributed by atoms with Crippen LogP contribution in [0.5, 0.6) is 23.0 Å². The van der Waals surface area contributed by atoms with Gasteiger partial charge in [-0.1, -0.05) is 53.0 Å². The summed E-state index contributed by atoms with van der Waals surface area (Å²) in [5.41, 5.74) is -0.727. The predicted molar refractivity (Wildman–Crippen MR) is 237 cm³/mol. The van der Waals surface area contributed by atoms with Crippen LogP contribution in [0.4, 0.5) is 19.0 Å². The summed E-state index contributed by atoms with van der Waals surface area (Å²) < 4.78 is 61.8. The molecule has 9 rings (SSSR count). The largest absolute Gasteiger partial charge is 0.503 e. The molecule has 3 aromatic carbocycles. The molecule has 2 fully saturated rings. The maximum absolute atomic E-state index is 15.5. The Labute approximate surface area is 391 Å². The molecule has 2 N–H and O–H groups in total. The molecule has 67 heavy (non-hydrogen) atoms. The average molecular weight is 984 g/mol. The third-order valence-electron chi connectivity index (χ3n) is 12.7. The van der Waals surface area contributed by atoms with Gasteiger partial charge in [0.15, 0.2) is 28.8 Å². The summed E-state index contributed by atoms with van der Waals surface area (Å²) in [5.74, 6) is -4.59. The van der Waals surface area contributed by atoms with E-state index >= 15 is 9.59 Å². The van der Waals surface area contributed by atoms with E-state index in [-0.39, 0.29) is 58.5 Å². The van der Waals surface area contributed by atoms with Crippen molar-refractivity contribution in [3.63, 3.8) is 0 Å². The van der Waals surface area contributed by atoms with E-state index in [4.69, 9.17) is 49.0 Å². The van der Waals surface area contributed by atoms with Gasteiger partial charge in [-0.05, 0) is 53.5 Å². The van der Waals surface area contributed by atoms with E-state index in [1.807, 2.05) is 0 Å². The minimum absolute atomic E-state index is 0.0513. The van der Waals surface area contributed by atoms with Crippen LogP contribution in [0.2, 0.25) is 15.1 Å². The minimum atomic E-state index is -4.81. The summed E-state index contributed by atoms with van der Waals surface area (Å²) in [6.07, 6.45) is -3.06. The van der Waals surface area contributed by atoms with Gasteiger partial charge in [-0.2, -0.15) is 18.2 Å². The van der Waals surface area contributed by atoms with Crippen LogP contribution in [-0.2, 0) is 47.7 Å². The zero-order chi connectivity index (χ0) is 48.0. The Morgan fingerprint density at radius 2 is 1.58 bits per heavy atom. The monoisotopic (exact) mass is 982 g/mol. The molecule has 0 unspecified atom stereocenters. The molecule has 2 aliphatic heterocycles. The van der Waals surface area contributed by atoms with E-state index < -0.39 is 80.4 Å². The van der Waals surface area contributed by atoms with Crippen molar-refractivity contribution in [2.75, 3.05) is 26.8 Å². The van der Waals surface area contributed by atoms with Crippen LogP contribution in [-0.4, -0.2) is 71.7 Å². The number of carbonyl (C=O) groups excluding carboxylic acids is 2. The lowest BCUT2D eigenvalue weighted by atomic mass is 9.53. The maximum Gasteiger partial charge on any atom is 0.417 e. The van der Waals surface area contributed by atoms with Crippen molar-refractivity contribution in [1.29, 1.82) is 0 Å². The van der Waals surface area contributed by atoms with Gasteiger partial charge in [0, 0.05) is 49.3 Å². The highest BCUT2D eigenvalue weighted by Gasteiger charge is 2.69. The van der Waals surface area contributed by atoms with Crippen molar-refractivity contribution >= 4 is 63.5 Å². The summed E-state index contributed by atoms with van der Waals surface area (Å²) >= 11 is 19.3. The number of pyridine rings is 1. The maximum atomic E-state index is 15.5. The Bertz CT molecular complexity index is 3300. The number of halogens is 6. The lowest BCUT2D eigenvalue weighted by Gasteiger charge is -2.49. The first kappa shape index (κ1) is 45.4. The highest BCUT2D eigenvalue weighted by atomic mass is 35.5. The molecule has 2 amide bonds. The smallest absolute Gasteiger partial charge is 0.417 e. The third kappa shape index (κ3) is 7.02. The van der Waals surface area contributed by atoms with Gasteiger partial charge in [0.1, 0.15) is 5.69 Å². The molecule has 17 nitrogen and oxygen atoms in total. The zero-order valence-corrected chi connectivity index (χ0v) is 37.8. The first-order valence-corrected chi connectivity index (χ1v) is 21.4. The van der Waals surface area contributed by atoms with Gasteiger partial charge in [-0.3, -0.25) is 19.8 Å². The van der Waals surface area contributed by atoms with Crippen molar-refractivity contribution in [2.45, 2.75) is 49.5 Å². The summed E-state index contributed by atoms with van der Waals surface area (Å²) in [6, 6.07) is 11.7. The van der Waals surface area contributed by atoms with Gasteiger partial charge >= 0.3 is 17.6 Å². The summed E-state index contributed by atoms with van der Waals surface area (Å²) in [4.78, 5) is 81.4. The van der Waals surface area contributed by atoms with Crippen LogP contribution >= 0.6 is 34.8 Å². The van der Waals surface area contributed by atoms with Crippen molar-refractivity contribution in [1.82, 2.24) is 33.5 Å². The second kappa shape index (κ2) is 16.5. The van der Waals surface area contributed by atoms with Gasteiger partial charge in [0.25, 0.3) is 17.4 Å². The second-order valence-electron chi connectivity index (χ2n) is 16.0. The van der Waals surface area contributed by atoms with Crippen LogP contribution in [0.15, 0.2) is 86.8 Å². The average Bonchev–Trinajstić information content (AvgIpc) is 3.67. The van der Waals surface area contributed by atoms with Gasteiger partial charge < -0.3 is 23.9 Å². The first-order valence-electron chi connectivity index (χ1n) is 20.3. The quantitative estimate of drug-likeness (QED) is 0.120. The molecule has 1 saturated carbocycles. The number of aromatic hydroxyl groups is 1. The number of carbonyl (C=O) groups is 2. The normalized spacial score (nSPS) is 20.1. The number of fused-ring (bicyclic) bond motifs is 5. The number of hydrogen-bond acceptors (Lipinski definition) is 12. The molecule has 3 aliphatic rings. The highest BCUT2D eigenvalue weighted by Crippen LogP contribution is 2.62. The molecule has 23 heteroatoms. The summed E-state index contributed by atoms with van der Waals surface area (Å²) in [7, 11) is 5.74. The fourth-order valence-corrected chi connectivity index (χ4v) is 10.2. The van der Waals surface area contributed by atoms with Crippen molar-refractivity contribution < 1.29 is 42.1 Å². The topological polar surface area (TPSA) is 194 Å². The predicted octanol–water partition coefficient (Wildman–Crippen LogP) is 6.03.